The van der Waals surface area contributed by atoms with Crippen LogP contribution in [0.5, 0.6) is 0 Å². The van der Waals surface area contributed by atoms with Gasteiger partial charge in [-0.15, -0.1) is 0 Å². The molecule has 166 valence electrons. The van der Waals surface area contributed by atoms with Crippen molar-refractivity contribution in [2.24, 2.45) is 23.7 Å². The van der Waals surface area contributed by atoms with E-state index < -0.39 is 23.8 Å². The molecule has 1 spiro atoms. The number of amides is 1. The van der Waals surface area contributed by atoms with Gasteiger partial charge in [0.25, 0.3) is 5.91 Å². The summed E-state index contributed by atoms with van der Waals surface area (Å²) < 4.78 is 5.99. The first kappa shape index (κ1) is 22.8. The van der Waals surface area contributed by atoms with E-state index in [4.69, 9.17) is 4.74 Å². The molecular weight excluding hydrogens is 382 g/mol. The average molecular weight is 418 g/mol. The van der Waals surface area contributed by atoms with Gasteiger partial charge in [0, 0.05) is 24.0 Å². The molecule has 0 bridgehead atoms. The van der Waals surface area contributed by atoms with E-state index in [0.717, 1.165) is 18.1 Å². The van der Waals surface area contributed by atoms with Crippen molar-refractivity contribution in [3.8, 4) is 0 Å². The molecule has 1 fully saturated rings. The molecule has 0 unspecified atom stereocenters. The Kier molecular flexibility index (Phi) is 6.58. The maximum atomic E-state index is 13.4. The second-order valence-corrected chi connectivity index (χ2v) is 9.64. The molecule has 6 heteroatoms. The summed E-state index contributed by atoms with van der Waals surface area (Å²) in [5, 5.41) is 23.4. The van der Waals surface area contributed by atoms with Gasteiger partial charge in [0.1, 0.15) is 0 Å². The Balaban J connectivity index is 2.13. The Bertz CT molecular complexity index is 782. The third-order valence-electron chi connectivity index (χ3n) is 6.91. The number of carbonyl (C=O) groups is 2. The minimum absolute atomic E-state index is 0.0785. The highest BCUT2D eigenvalue weighted by Gasteiger charge is 2.64. The van der Waals surface area contributed by atoms with Gasteiger partial charge in [-0.25, -0.2) is 4.79 Å². The summed E-state index contributed by atoms with van der Waals surface area (Å²) in [5.74, 6) is -1.02. The average Bonchev–Trinajstić information content (AvgIpc) is 2.93. The highest BCUT2D eigenvalue weighted by molar-refractivity contribution is 5.94. The topological polar surface area (TPSA) is 95.9 Å². The van der Waals surface area contributed by atoms with Crippen molar-refractivity contribution in [2.75, 3.05) is 0 Å². The predicted molar refractivity (Wildman–Crippen MR) is 114 cm³/mol. The van der Waals surface area contributed by atoms with Gasteiger partial charge in [0.2, 0.25) is 5.60 Å². The summed E-state index contributed by atoms with van der Waals surface area (Å²) in [6.07, 6.45) is 6.06. The van der Waals surface area contributed by atoms with E-state index in [9.17, 15) is 19.8 Å². The van der Waals surface area contributed by atoms with E-state index in [2.05, 4.69) is 39.1 Å². The summed E-state index contributed by atoms with van der Waals surface area (Å²) >= 11 is 0. The zero-order valence-corrected chi connectivity index (χ0v) is 18.6. The fourth-order valence-corrected chi connectivity index (χ4v) is 5.27. The van der Waals surface area contributed by atoms with Crippen molar-refractivity contribution in [2.45, 2.75) is 77.7 Å². The van der Waals surface area contributed by atoms with Crippen LogP contribution in [0, 0.1) is 23.7 Å². The molecule has 1 saturated heterocycles. The summed E-state index contributed by atoms with van der Waals surface area (Å²) in [7, 11) is 0. The zero-order chi connectivity index (χ0) is 22.2. The minimum atomic E-state index is -1.32. The number of aliphatic hydroxyl groups excluding tert-OH is 2. The Morgan fingerprint density at radius 2 is 1.93 bits per heavy atom. The van der Waals surface area contributed by atoms with Gasteiger partial charge in [-0.3, -0.25) is 4.79 Å². The number of ether oxygens (including phenoxy) is 1. The highest BCUT2D eigenvalue weighted by Crippen LogP contribution is 2.50. The molecule has 7 atom stereocenters. The maximum Gasteiger partial charge on any atom is 0.331 e. The molecule has 0 aromatic heterocycles. The van der Waals surface area contributed by atoms with Gasteiger partial charge in [0.15, 0.2) is 0 Å². The molecule has 0 radical (unpaired) electrons. The van der Waals surface area contributed by atoms with Crippen LogP contribution in [-0.4, -0.2) is 45.9 Å². The van der Waals surface area contributed by atoms with Crippen LogP contribution in [0.4, 0.5) is 0 Å². The molecule has 3 N–H and O–H groups in total. The molecule has 0 aromatic rings. The van der Waals surface area contributed by atoms with Crippen LogP contribution in [0.15, 0.2) is 35.5 Å². The van der Waals surface area contributed by atoms with E-state index in [1.54, 1.807) is 0 Å². The fraction of sp³-hybridized carbons (Fsp3) is 0.667. The lowest BCUT2D eigenvalue weighted by atomic mass is 9.63. The van der Waals surface area contributed by atoms with E-state index in [1.165, 1.54) is 11.6 Å². The first-order chi connectivity index (χ1) is 14.1. The molecule has 3 aliphatic rings. The molecular formula is C24H35NO5. The summed E-state index contributed by atoms with van der Waals surface area (Å²) in [6, 6.07) is -0.0792. The SMILES string of the molecule is CC1=C[C@H]2/C=C(/C)CC[C@@H](O)[C@H](O)/C=C\C(=O)O[C@@]23C(=O)N[C@@H](CC(C)C)[C@H]3[C@H]1C. The zero-order valence-electron chi connectivity index (χ0n) is 18.6. The molecule has 2 aliphatic heterocycles. The van der Waals surface area contributed by atoms with Crippen molar-refractivity contribution >= 4 is 11.9 Å². The van der Waals surface area contributed by atoms with Gasteiger partial charge < -0.3 is 20.3 Å². The van der Waals surface area contributed by atoms with Crippen LogP contribution >= 0.6 is 0 Å². The minimum Gasteiger partial charge on any atom is -0.444 e. The monoisotopic (exact) mass is 417 g/mol. The third kappa shape index (κ3) is 4.12. The molecule has 6 nitrogen and oxygen atoms in total. The lowest BCUT2D eigenvalue weighted by Gasteiger charge is -2.45. The largest absolute Gasteiger partial charge is 0.444 e. The summed E-state index contributed by atoms with van der Waals surface area (Å²) in [4.78, 5) is 26.2. The van der Waals surface area contributed by atoms with E-state index >= 15 is 0 Å². The summed E-state index contributed by atoms with van der Waals surface area (Å²) in [6.45, 7) is 10.4. The molecule has 0 saturated carbocycles. The Labute approximate surface area is 179 Å². The second-order valence-electron chi connectivity index (χ2n) is 9.64. The number of hydrogen-bond acceptors (Lipinski definition) is 5. The number of nitrogens with one attached hydrogen (secondary N) is 1. The standard InChI is InChI=1S/C24H35NO5/c1-13(2)10-18-22-16(5)15(4)12-17-11-14(3)6-7-19(26)20(27)8-9-21(28)30-24(17,22)23(29)25-18/h8-9,11-13,16-20,22,26-27H,6-7,10H2,1-5H3,(H,25,29)/b9-8-,14-11-/t16-,17+,18-,19+,20+,22+,24-/m0/s1. The van der Waals surface area contributed by atoms with Crippen molar-refractivity contribution in [3.05, 3.63) is 35.5 Å². The quantitative estimate of drug-likeness (QED) is 0.474. The van der Waals surface area contributed by atoms with Crippen LogP contribution in [0.25, 0.3) is 0 Å². The Hall–Kier alpha value is -1.92. The van der Waals surface area contributed by atoms with Gasteiger partial charge in [-0.05, 0) is 51.0 Å². The fourth-order valence-electron chi connectivity index (χ4n) is 5.27. The van der Waals surface area contributed by atoms with Crippen LogP contribution in [0.1, 0.15) is 53.9 Å². The molecule has 30 heavy (non-hydrogen) atoms. The number of allylic oxidation sites excluding steroid dienone is 2. The van der Waals surface area contributed by atoms with Crippen molar-refractivity contribution in [3.63, 3.8) is 0 Å². The van der Waals surface area contributed by atoms with Crippen molar-refractivity contribution in [1.29, 1.82) is 0 Å². The van der Waals surface area contributed by atoms with Crippen LogP contribution in [0.3, 0.4) is 0 Å². The molecule has 0 aromatic carbocycles. The van der Waals surface area contributed by atoms with E-state index in [0.29, 0.717) is 18.8 Å². The summed E-state index contributed by atoms with van der Waals surface area (Å²) in [5.41, 5.74) is 0.858. The first-order valence-corrected chi connectivity index (χ1v) is 11.0. The first-order valence-electron chi connectivity index (χ1n) is 11.0. The van der Waals surface area contributed by atoms with Crippen LogP contribution in [0.2, 0.25) is 0 Å². The highest BCUT2D eigenvalue weighted by atomic mass is 16.6. The second kappa shape index (κ2) is 8.67. The maximum absolute atomic E-state index is 13.4. The Morgan fingerprint density at radius 1 is 1.23 bits per heavy atom. The number of rotatable bonds is 2. The molecule has 1 aliphatic carbocycles. The molecule has 2 heterocycles. The molecule has 3 rings (SSSR count). The van der Waals surface area contributed by atoms with E-state index in [-0.39, 0.29) is 29.7 Å². The normalized spacial score (nSPS) is 42.5. The lowest BCUT2D eigenvalue weighted by molar-refractivity contribution is -0.172. The van der Waals surface area contributed by atoms with Gasteiger partial charge in [-0.2, -0.15) is 0 Å². The van der Waals surface area contributed by atoms with Gasteiger partial charge in [0.05, 0.1) is 12.2 Å². The van der Waals surface area contributed by atoms with Gasteiger partial charge in [-0.1, -0.05) is 44.1 Å². The number of hydrogen-bond donors (Lipinski definition) is 3. The lowest BCUT2D eigenvalue weighted by Crippen LogP contribution is -2.56. The number of esters is 1. The Morgan fingerprint density at radius 3 is 2.60 bits per heavy atom. The number of aliphatic hydroxyl groups is 2. The van der Waals surface area contributed by atoms with E-state index in [1.807, 2.05) is 13.0 Å². The predicted octanol–water partition coefficient (Wildman–Crippen LogP) is 2.66. The van der Waals surface area contributed by atoms with Crippen LogP contribution in [-0.2, 0) is 14.3 Å². The third-order valence-corrected chi connectivity index (χ3v) is 6.91. The smallest absolute Gasteiger partial charge is 0.331 e. The molecule has 1 amide bonds. The van der Waals surface area contributed by atoms with Crippen LogP contribution < -0.4 is 5.32 Å². The van der Waals surface area contributed by atoms with Crippen molar-refractivity contribution in [1.82, 2.24) is 5.32 Å². The van der Waals surface area contributed by atoms with Crippen molar-refractivity contribution < 1.29 is 24.5 Å². The number of carbonyl (C=O) groups excluding carboxylic acids is 2. The van der Waals surface area contributed by atoms with Gasteiger partial charge >= 0.3 is 5.97 Å².